The molecule has 0 aromatic heterocycles. The van der Waals surface area contributed by atoms with Gasteiger partial charge >= 0.3 is 7.60 Å². The molecule has 34 heavy (non-hydrogen) atoms. The van der Waals surface area contributed by atoms with Crippen LogP contribution in [0.2, 0.25) is 0 Å². The Balaban J connectivity index is 1.63. The lowest BCUT2D eigenvalue weighted by Gasteiger charge is -2.32. The zero-order valence-corrected chi connectivity index (χ0v) is 19.2. The number of nitrogens with zero attached hydrogens (tertiary/aromatic N) is 1. The lowest BCUT2D eigenvalue weighted by Crippen LogP contribution is -2.48. The average Bonchev–Trinajstić information content (AvgIpc) is 3.09. The van der Waals surface area contributed by atoms with Crippen LogP contribution in [0.15, 0.2) is 115 Å². The minimum atomic E-state index is -4.37. The molecule has 6 nitrogen and oxygen atoms in total. The van der Waals surface area contributed by atoms with Crippen molar-refractivity contribution in [2.75, 3.05) is 4.90 Å². The molecule has 0 fully saturated rings. The van der Waals surface area contributed by atoms with Crippen molar-refractivity contribution in [1.29, 1.82) is 0 Å². The summed E-state index contributed by atoms with van der Waals surface area (Å²) in [6.07, 6.45) is 0. The quantitative estimate of drug-likeness (QED) is 0.351. The van der Waals surface area contributed by atoms with Crippen molar-refractivity contribution in [1.82, 2.24) is 0 Å². The normalized spacial score (nSPS) is 17.3. The average molecular weight is 470 g/mol. The molecule has 0 saturated carbocycles. The fourth-order valence-electron chi connectivity index (χ4n) is 4.05. The second-order valence-electron chi connectivity index (χ2n) is 7.97. The molecular formula is C27H23N2O4P. The van der Waals surface area contributed by atoms with E-state index in [4.69, 9.17) is 14.8 Å². The fraction of sp³-hybridized carbons (Fsp3) is 0.0741. The highest BCUT2D eigenvalue weighted by molar-refractivity contribution is 7.57. The Bertz CT molecular complexity index is 1300. The number of nitrogens with two attached hydrogens (primary N) is 1. The molecule has 1 amide bonds. The van der Waals surface area contributed by atoms with E-state index in [1.54, 1.807) is 71.6 Å². The fourth-order valence-corrected chi connectivity index (χ4v) is 6.02. The summed E-state index contributed by atoms with van der Waals surface area (Å²) in [6, 6.07) is 33.8. The molecule has 2 N–H and O–H groups in total. The highest BCUT2D eigenvalue weighted by Crippen LogP contribution is 2.65. The maximum Gasteiger partial charge on any atom is 0.464 e. The van der Waals surface area contributed by atoms with Crippen LogP contribution in [0.25, 0.3) is 0 Å². The lowest BCUT2D eigenvalue weighted by molar-refractivity contribution is -0.121. The molecule has 0 aliphatic carbocycles. The van der Waals surface area contributed by atoms with Gasteiger partial charge in [0.1, 0.15) is 11.5 Å². The third-order valence-corrected chi connectivity index (χ3v) is 7.93. The minimum absolute atomic E-state index is 0.270. The number of anilines is 1. The summed E-state index contributed by atoms with van der Waals surface area (Å²) in [5.41, 5.74) is 8.71. The maximum absolute atomic E-state index is 14.6. The SMILES string of the molecule is N[C@]1(P(=O)(Oc2ccccc2)Oc2ccccc2)C(=O)N(Cc2ccccc2)c2ccccc21. The van der Waals surface area contributed by atoms with E-state index in [0.29, 0.717) is 22.7 Å². The Labute approximate surface area is 198 Å². The van der Waals surface area contributed by atoms with Gasteiger partial charge in [-0.1, -0.05) is 84.9 Å². The summed E-state index contributed by atoms with van der Waals surface area (Å²) in [4.78, 5) is 15.5. The summed E-state index contributed by atoms with van der Waals surface area (Å²) in [5.74, 6) is 0.0320. The summed E-state index contributed by atoms with van der Waals surface area (Å²) in [6.45, 7) is 0.270. The van der Waals surface area contributed by atoms with E-state index in [9.17, 15) is 9.36 Å². The summed E-state index contributed by atoms with van der Waals surface area (Å²) < 4.78 is 26.6. The van der Waals surface area contributed by atoms with E-state index in [1.807, 2.05) is 48.5 Å². The summed E-state index contributed by atoms with van der Waals surface area (Å²) >= 11 is 0. The van der Waals surface area contributed by atoms with E-state index < -0.39 is 18.8 Å². The van der Waals surface area contributed by atoms with E-state index in [1.165, 1.54) is 0 Å². The van der Waals surface area contributed by atoms with Crippen molar-refractivity contribution in [3.05, 3.63) is 126 Å². The van der Waals surface area contributed by atoms with E-state index in [0.717, 1.165) is 5.56 Å². The van der Waals surface area contributed by atoms with Crippen LogP contribution in [-0.4, -0.2) is 5.91 Å². The van der Waals surface area contributed by atoms with Crippen LogP contribution in [0.5, 0.6) is 11.5 Å². The van der Waals surface area contributed by atoms with Gasteiger partial charge in [0.05, 0.1) is 12.2 Å². The summed E-state index contributed by atoms with van der Waals surface area (Å²) in [5, 5.41) is -2.05. The molecule has 0 spiro atoms. The van der Waals surface area contributed by atoms with E-state index >= 15 is 0 Å². The van der Waals surface area contributed by atoms with Gasteiger partial charge in [-0.3, -0.25) is 4.79 Å². The molecule has 1 aliphatic heterocycles. The van der Waals surface area contributed by atoms with Crippen molar-refractivity contribution >= 4 is 19.2 Å². The Morgan fingerprint density at radius 3 is 1.74 bits per heavy atom. The topological polar surface area (TPSA) is 81.9 Å². The van der Waals surface area contributed by atoms with Crippen LogP contribution in [0.4, 0.5) is 5.69 Å². The van der Waals surface area contributed by atoms with Gasteiger partial charge in [0.25, 0.3) is 5.91 Å². The third-order valence-electron chi connectivity index (χ3n) is 5.73. The van der Waals surface area contributed by atoms with Crippen molar-refractivity contribution in [2.45, 2.75) is 11.8 Å². The molecule has 4 aromatic carbocycles. The molecular weight excluding hydrogens is 447 g/mol. The largest absolute Gasteiger partial charge is 0.464 e. The van der Waals surface area contributed by atoms with Gasteiger partial charge < -0.3 is 19.7 Å². The van der Waals surface area contributed by atoms with Crippen LogP contribution in [0, 0.1) is 0 Å². The number of amides is 1. The molecule has 7 heteroatoms. The van der Waals surface area contributed by atoms with Gasteiger partial charge in [-0.2, -0.15) is 0 Å². The van der Waals surface area contributed by atoms with Crippen molar-refractivity contribution in [3.8, 4) is 11.5 Å². The zero-order chi connectivity index (χ0) is 23.6. The summed E-state index contributed by atoms with van der Waals surface area (Å²) in [7, 11) is -4.37. The molecule has 170 valence electrons. The van der Waals surface area contributed by atoms with Gasteiger partial charge in [-0.25, -0.2) is 4.57 Å². The number of hydrogen-bond acceptors (Lipinski definition) is 5. The molecule has 0 unspecified atom stereocenters. The van der Waals surface area contributed by atoms with Crippen molar-refractivity contribution in [2.24, 2.45) is 5.73 Å². The standard InChI is InChI=1S/C27H23N2O4P/c28-27(34(31,32-22-14-6-2-7-15-22)33-23-16-8-3-9-17-23)24-18-10-11-19-25(24)29(26(27)30)20-21-12-4-1-5-13-21/h1-19H,20,28H2/t27-/m1/s1. The van der Waals surface area contributed by atoms with Gasteiger partial charge in [0.15, 0.2) is 0 Å². The monoisotopic (exact) mass is 470 g/mol. The Morgan fingerprint density at radius 2 is 1.18 bits per heavy atom. The highest BCUT2D eigenvalue weighted by Gasteiger charge is 2.64. The predicted octanol–water partition coefficient (Wildman–Crippen LogP) is 5.70. The first-order chi connectivity index (χ1) is 16.5. The second-order valence-corrected chi connectivity index (χ2v) is 10.0. The first-order valence-electron chi connectivity index (χ1n) is 10.8. The van der Waals surface area contributed by atoms with Crippen LogP contribution in [-0.2, 0) is 21.2 Å². The van der Waals surface area contributed by atoms with Gasteiger partial charge in [0.2, 0.25) is 5.28 Å². The number of rotatable bonds is 7. The predicted molar refractivity (Wildman–Crippen MR) is 132 cm³/mol. The molecule has 1 aliphatic rings. The number of hydrogen-bond donors (Lipinski definition) is 1. The molecule has 0 bridgehead atoms. The smallest absolute Gasteiger partial charge is 0.414 e. The second kappa shape index (κ2) is 8.82. The van der Waals surface area contributed by atoms with Gasteiger partial charge in [-0.15, -0.1) is 0 Å². The van der Waals surface area contributed by atoms with Gasteiger partial charge in [0, 0.05) is 5.56 Å². The first kappa shape index (κ1) is 22.0. The van der Waals surface area contributed by atoms with Gasteiger partial charge in [-0.05, 0) is 35.9 Å². The molecule has 1 atom stereocenters. The van der Waals surface area contributed by atoms with Crippen molar-refractivity contribution < 1.29 is 18.4 Å². The highest BCUT2D eigenvalue weighted by atomic mass is 31.2. The first-order valence-corrected chi connectivity index (χ1v) is 12.4. The maximum atomic E-state index is 14.6. The number of carbonyl (C=O) groups excluding carboxylic acids is 1. The third kappa shape index (κ3) is 3.77. The van der Waals surface area contributed by atoms with Crippen LogP contribution < -0.4 is 19.7 Å². The Hall–Kier alpha value is -3.86. The Morgan fingerprint density at radius 1 is 0.706 bits per heavy atom. The molecule has 0 saturated heterocycles. The number of benzene rings is 4. The Kier molecular flexibility index (Phi) is 5.70. The number of carbonyl (C=O) groups is 1. The van der Waals surface area contributed by atoms with Crippen LogP contribution in [0.1, 0.15) is 11.1 Å². The van der Waals surface area contributed by atoms with E-state index in [-0.39, 0.29) is 6.54 Å². The van der Waals surface area contributed by atoms with Crippen LogP contribution >= 0.6 is 7.60 Å². The zero-order valence-electron chi connectivity index (χ0n) is 18.3. The van der Waals surface area contributed by atoms with Crippen molar-refractivity contribution in [3.63, 3.8) is 0 Å². The molecule has 0 radical (unpaired) electrons. The molecule has 4 aromatic rings. The molecule has 5 rings (SSSR count). The molecule has 1 heterocycles. The minimum Gasteiger partial charge on any atom is -0.414 e. The van der Waals surface area contributed by atoms with E-state index in [2.05, 4.69) is 0 Å². The number of fused-ring (bicyclic) bond motifs is 1. The van der Waals surface area contributed by atoms with Crippen LogP contribution in [0.3, 0.4) is 0 Å². The number of para-hydroxylation sites is 3. The lowest BCUT2D eigenvalue weighted by atomic mass is 10.1.